The number of benzene rings is 1. The average Bonchev–Trinajstić information content (AvgIpc) is 2.16. The summed E-state index contributed by atoms with van der Waals surface area (Å²) in [5.74, 6) is 0.126. The van der Waals surface area contributed by atoms with Gasteiger partial charge >= 0.3 is 0 Å². The van der Waals surface area contributed by atoms with Gasteiger partial charge in [-0.3, -0.25) is 5.41 Å². The van der Waals surface area contributed by atoms with Crippen molar-refractivity contribution < 1.29 is 0 Å². The van der Waals surface area contributed by atoms with Gasteiger partial charge in [-0.1, -0.05) is 12.1 Å². The monoisotopic (exact) mass is 205 g/mol. The van der Waals surface area contributed by atoms with E-state index in [-0.39, 0.29) is 5.84 Å². The molecule has 3 heteroatoms. The van der Waals surface area contributed by atoms with Crippen LogP contribution in [0.3, 0.4) is 0 Å². The molecule has 15 heavy (non-hydrogen) atoms. The fourth-order valence-electron chi connectivity index (χ4n) is 1.60. The van der Waals surface area contributed by atoms with E-state index in [4.69, 9.17) is 11.1 Å². The van der Waals surface area contributed by atoms with E-state index in [1.807, 2.05) is 32.2 Å². The lowest BCUT2D eigenvalue weighted by molar-refractivity contribution is 0.751. The molecular formula is C12H19N3. The van der Waals surface area contributed by atoms with E-state index in [9.17, 15) is 0 Å². The molecule has 3 N–H and O–H groups in total. The number of nitrogens with zero attached hydrogens (tertiary/aromatic N) is 1. The maximum atomic E-state index is 7.56. The zero-order valence-electron chi connectivity index (χ0n) is 9.83. The van der Waals surface area contributed by atoms with E-state index in [0.717, 1.165) is 16.8 Å². The minimum absolute atomic E-state index is 0.126. The quantitative estimate of drug-likeness (QED) is 0.586. The summed E-state index contributed by atoms with van der Waals surface area (Å²) >= 11 is 0. The van der Waals surface area contributed by atoms with Crippen LogP contribution in [0.2, 0.25) is 0 Å². The van der Waals surface area contributed by atoms with Crippen LogP contribution in [-0.2, 0) is 0 Å². The topological polar surface area (TPSA) is 53.1 Å². The van der Waals surface area contributed by atoms with Crippen LogP contribution < -0.4 is 10.6 Å². The van der Waals surface area contributed by atoms with Crippen LogP contribution in [0.15, 0.2) is 18.2 Å². The predicted octanol–water partition coefficient (Wildman–Crippen LogP) is 2.12. The number of anilines is 1. The van der Waals surface area contributed by atoms with Gasteiger partial charge in [-0.15, -0.1) is 0 Å². The van der Waals surface area contributed by atoms with Gasteiger partial charge in [0.05, 0.1) is 5.69 Å². The molecule has 0 aliphatic heterocycles. The number of hydrogen-bond donors (Lipinski definition) is 2. The SMILES string of the molecule is Cc1cccc(C(=N)N)c1N(C)C(C)C. The van der Waals surface area contributed by atoms with Crippen LogP contribution in [0.25, 0.3) is 0 Å². The molecule has 0 aliphatic carbocycles. The molecule has 1 rings (SSSR count). The first-order valence-corrected chi connectivity index (χ1v) is 5.12. The number of nitrogens with two attached hydrogens (primary N) is 1. The van der Waals surface area contributed by atoms with Crippen molar-refractivity contribution in [3.63, 3.8) is 0 Å². The van der Waals surface area contributed by atoms with Gasteiger partial charge in [0.2, 0.25) is 0 Å². The van der Waals surface area contributed by atoms with Crippen LogP contribution in [0.1, 0.15) is 25.0 Å². The van der Waals surface area contributed by atoms with Gasteiger partial charge in [0, 0.05) is 18.7 Å². The molecule has 0 spiro atoms. The molecule has 0 amide bonds. The highest BCUT2D eigenvalue weighted by Gasteiger charge is 2.14. The highest BCUT2D eigenvalue weighted by molar-refractivity contribution is 6.01. The van der Waals surface area contributed by atoms with E-state index >= 15 is 0 Å². The van der Waals surface area contributed by atoms with E-state index in [1.165, 1.54) is 0 Å². The van der Waals surface area contributed by atoms with Gasteiger partial charge in [-0.25, -0.2) is 0 Å². The third-order valence-corrected chi connectivity index (χ3v) is 2.66. The van der Waals surface area contributed by atoms with Crippen molar-refractivity contribution in [3.8, 4) is 0 Å². The number of aryl methyl sites for hydroxylation is 1. The Kier molecular flexibility index (Phi) is 3.35. The molecule has 0 aliphatic rings. The molecule has 0 unspecified atom stereocenters. The second kappa shape index (κ2) is 4.34. The molecule has 0 saturated heterocycles. The molecule has 1 aromatic rings. The molecule has 0 aromatic heterocycles. The first kappa shape index (κ1) is 11.6. The smallest absolute Gasteiger partial charge is 0.124 e. The minimum Gasteiger partial charge on any atom is -0.384 e. The minimum atomic E-state index is 0.126. The molecule has 3 nitrogen and oxygen atoms in total. The molecule has 1 aromatic carbocycles. The Balaban J connectivity index is 3.30. The number of hydrogen-bond acceptors (Lipinski definition) is 2. The highest BCUT2D eigenvalue weighted by Crippen LogP contribution is 2.25. The molecule has 0 heterocycles. The van der Waals surface area contributed by atoms with Gasteiger partial charge in [-0.2, -0.15) is 0 Å². The maximum Gasteiger partial charge on any atom is 0.124 e. The van der Waals surface area contributed by atoms with Gasteiger partial charge in [-0.05, 0) is 32.4 Å². The van der Waals surface area contributed by atoms with Crippen molar-refractivity contribution in [1.82, 2.24) is 0 Å². The van der Waals surface area contributed by atoms with E-state index < -0.39 is 0 Å². The standard InChI is InChI=1S/C12H19N3/c1-8(2)15(4)11-9(3)6-5-7-10(11)12(13)14/h5-8H,1-4H3,(H3,13,14). The Morgan fingerprint density at radius 1 is 1.40 bits per heavy atom. The second-order valence-electron chi connectivity index (χ2n) is 4.09. The van der Waals surface area contributed by atoms with Crippen LogP contribution in [0.4, 0.5) is 5.69 Å². The normalized spacial score (nSPS) is 10.5. The third-order valence-electron chi connectivity index (χ3n) is 2.66. The largest absolute Gasteiger partial charge is 0.384 e. The molecule has 0 radical (unpaired) electrons. The fourth-order valence-corrected chi connectivity index (χ4v) is 1.60. The Morgan fingerprint density at radius 3 is 2.47 bits per heavy atom. The second-order valence-corrected chi connectivity index (χ2v) is 4.09. The molecular weight excluding hydrogens is 186 g/mol. The van der Waals surface area contributed by atoms with E-state index in [0.29, 0.717) is 6.04 Å². The van der Waals surface area contributed by atoms with Crippen LogP contribution >= 0.6 is 0 Å². The third kappa shape index (κ3) is 2.29. The zero-order chi connectivity index (χ0) is 11.6. The molecule has 0 atom stereocenters. The molecule has 0 bridgehead atoms. The van der Waals surface area contributed by atoms with Crippen LogP contribution in [0, 0.1) is 12.3 Å². The Hall–Kier alpha value is -1.51. The summed E-state index contributed by atoms with van der Waals surface area (Å²) in [7, 11) is 2.03. The van der Waals surface area contributed by atoms with Crippen LogP contribution in [-0.4, -0.2) is 18.9 Å². The predicted molar refractivity (Wildman–Crippen MR) is 65.7 cm³/mol. The first-order valence-electron chi connectivity index (χ1n) is 5.12. The molecule has 0 saturated carbocycles. The van der Waals surface area contributed by atoms with Gasteiger partial charge < -0.3 is 10.6 Å². The summed E-state index contributed by atoms with van der Waals surface area (Å²) in [6.07, 6.45) is 0. The Morgan fingerprint density at radius 2 is 2.00 bits per heavy atom. The van der Waals surface area contributed by atoms with Gasteiger partial charge in [0.1, 0.15) is 5.84 Å². The highest BCUT2D eigenvalue weighted by atomic mass is 15.1. The number of rotatable bonds is 3. The van der Waals surface area contributed by atoms with Crippen molar-refractivity contribution >= 4 is 11.5 Å². The lowest BCUT2D eigenvalue weighted by atomic mass is 10.1. The van der Waals surface area contributed by atoms with Crippen LogP contribution in [0.5, 0.6) is 0 Å². The Labute approximate surface area is 91.4 Å². The zero-order valence-corrected chi connectivity index (χ0v) is 9.83. The number of nitrogens with one attached hydrogen (secondary N) is 1. The number of amidine groups is 1. The fraction of sp³-hybridized carbons (Fsp3) is 0.417. The summed E-state index contributed by atoms with van der Waals surface area (Å²) in [5, 5.41) is 7.56. The maximum absolute atomic E-state index is 7.56. The van der Waals surface area contributed by atoms with E-state index in [2.05, 4.69) is 18.7 Å². The molecule has 82 valence electrons. The lowest BCUT2D eigenvalue weighted by Gasteiger charge is -2.27. The lowest BCUT2D eigenvalue weighted by Crippen LogP contribution is -2.29. The summed E-state index contributed by atoms with van der Waals surface area (Å²) < 4.78 is 0. The number of para-hydroxylation sites is 1. The summed E-state index contributed by atoms with van der Waals surface area (Å²) in [4.78, 5) is 2.14. The van der Waals surface area contributed by atoms with Crippen molar-refractivity contribution in [2.24, 2.45) is 5.73 Å². The van der Waals surface area contributed by atoms with Crippen molar-refractivity contribution in [1.29, 1.82) is 5.41 Å². The summed E-state index contributed by atoms with van der Waals surface area (Å²) in [6, 6.07) is 6.26. The summed E-state index contributed by atoms with van der Waals surface area (Å²) in [5.41, 5.74) is 8.60. The molecule has 0 fully saturated rings. The van der Waals surface area contributed by atoms with Gasteiger partial charge in [0.25, 0.3) is 0 Å². The Bertz CT molecular complexity index is 369. The summed E-state index contributed by atoms with van der Waals surface area (Å²) in [6.45, 7) is 6.29. The van der Waals surface area contributed by atoms with Gasteiger partial charge in [0.15, 0.2) is 0 Å². The number of nitrogen functional groups attached to an aromatic ring is 1. The van der Waals surface area contributed by atoms with Crippen molar-refractivity contribution in [2.45, 2.75) is 26.8 Å². The van der Waals surface area contributed by atoms with E-state index in [1.54, 1.807) is 0 Å². The first-order chi connectivity index (χ1) is 6.95. The average molecular weight is 205 g/mol. The van der Waals surface area contributed by atoms with Crippen molar-refractivity contribution in [3.05, 3.63) is 29.3 Å². The van der Waals surface area contributed by atoms with Crippen molar-refractivity contribution in [2.75, 3.05) is 11.9 Å².